The normalized spacial score (nSPS) is 13.2. The lowest BCUT2D eigenvalue weighted by molar-refractivity contribution is 0.273. The molecule has 2 nitrogen and oxygen atoms in total. The number of benzene rings is 1. The molecule has 1 atom stereocenters. The molecule has 0 aliphatic carbocycles. The predicted molar refractivity (Wildman–Crippen MR) is 81.3 cm³/mol. The standard InChI is InChI=1S/C16H25ClO2/c1-10(2)15(11(3)4)16(17)13-9-12(18-5)7-8-14(13)19-6/h7-11,15-16H,1-6H3. The van der Waals surface area contributed by atoms with Crippen LogP contribution < -0.4 is 9.47 Å². The van der Waals surface area contributed by atoms with Crippen molar-refractivity contribution < 1.29 is 9.47 Å². The summed E-state index contributed by atoms with van der Waals surface area (Å²) >= 11 is 6.74. The lowest BCUT2D eigenvalue weighted by atomic mass is 9.80. The van der Waals surface area contributed by atoms with Gasteiger partial charge in [-0.1, -0.05) is 27.7 Å². The Kier molecular flexibility index (Phi) is 5.99. The highest BCUT2D eigenvalue weighted by Gasteiger charge is 2.29. The van der Waals surface area contributed by atoms with Gasteiger partial charge >= 0.3 is 0 Å². The maximum absolute atomic E-state index is 6.74. The highest BCUT2D eigenvalue weighted by atomic mass is 35.5. The maximum atomic E-state index is 6.74. The second-order valence-corrected chi connectivity index (χ2v) is 6.05. The van der Waals surface area contributed by atoms with Crippen molar-refractivity contribution in [1.29, 1.82) is 0 Å². The molecule has 19 heavy (non-hydrogen) atoms. The van der Waals surface area contributed by atoms with Crippen molar-refractivity contribution in [3.63, 3.8) is 0 Å². The van der Waals surface area contributed by atoms with E-state index >= 15 is 0 Å². The first-order valence-electron chi connectivity index (χ1n) is 6.78. The average molecular weight is 285 g/mol. The van der Waals surface area contributed by atoms with Gasteiger partial charge in [0.25, 0.3) is 0 Å². The Morgan fingerprint density at radius 1 is 0.947 bits per heavy atom. The zero-order chi connectivity index (χ0) is 14.6. The first-order chi connectivity index (χ1) is 8.92. The van der Waals surface area contributed by atoms with Gasteiger partial charge in [0.1, 0.15) is 11.5 Å². The van der Waals surface area contributed by atoms with E-state index in [0.717, 1.165) is 17.1 Å². The molecule has 1 aromatic rings. The molecule has 1 unspecified atom stereocenters. The van der Waals surface area contributed by atoms with E-state index in [4.69, 9.17) is 21.1 Å². The minimum absolute atomic E-state index is 0.0787. The monoisotopic (exact) mass is 284 g/mol. The molecule has 0 spiro atoms. The van der Waals surface area contributed by atoms with Gasteiger partial charge in [-0.25, -0.2) is 0 Å². The summed E-state index contributed by atoms with van der Waals surface area (Å²) in [5.74, 6) is 3.05. The van der Waals surface area contributed by atoms with Gasteiger partial charge < -0.3 is 9.47 Å². The molecular weight excluding hydrogens is 260 g/mol. The molecule has 0 radical (unpaired) electrons. The van der Waals surface area contributed by atoms with E-state index in [0.29, 0.717) is 17.8 Å². The molecule has 0 bridgehead atoms. The van der Waals surface area contributed by atoms with E-state index in [1.807, 2.05) is 18.2 Å². The first-order valence-corrected chi connectivity index (χ1v) is 7.22. The summed E-state index contributed by atoms with van der Waals surface area (Å²) in [6, 6.07) is 5.79. The summed E-state index contributed by atoms with van der Waals surface area (Å²) in [5.41, 5.74) is 1.01. The van der Waals surface area contributed by atoms with E-state index in [1.165, 1.54) is 0 Å². The highest BCUT2D eigenvalue weighted by Crippen LogP contribution is 2.43. The van der Waals surface area contributed by atoms with Crippen molar-refractivity contribution in [1.82, 2.24) is 0 Å². The zero-order valence-electron chi connectivity index (χ0n) is 12.7. The Labute approximate surface area is 122 Å². The van der Waals surface area contributed by atoms with Crippen molar-refractivity contribution in [3.05, 3.63) is 23.8 Å². The average Bonchev–Trinajstić information content (AvgIpc) is 2.36. The van der Waals surface area contributed by atoms with Gasteiger partial charge in [0.2, 0.25) is 0 Å². The fraction of sp³-hybridized carbons (Fsp3) is 0.625. The van der Waals surface area contributed by atoms with Crippen molar-refractivity contribution >= 4 is 11.6 Å². The van der Waals surface area contributed by atoms with Gasteiger partial charge in [0, 0.05) is 5.56 Å². The SMILES string of the molecule is COc1ccc(OC)c(C(Cl)C(C(C)C)C(C)C)c1. The molecule has 0 fully saturated rings. The van der Waals surface area contributed by atoms with E-state index in [-0.39, 0.29) is 5.38 Å². The highest BCUT2D eigenvalue weighted by molar-refractivity contribution is 6.21. The molecule has 3 heteroatoms. The Morgan fingerprint density at radius 3 is 1.95 bits per heavy atom. The molecule has 0 amide bonds. The lowest BCUT2D eigenvalue weighted by Crippen LogP contribution is -2.21. The van der Waals surface area contributed by atoms with E-state index in [9.17, 15) is 0 Å². The number of hydrogen-bond acceptors (Lipinski definition) is 2. The van der Waals surface area contributed by atoms with Crippen molar-refractivity contribution in [2.24, 2.45) is 17.8 Å². The van der Waals surface area contributed by atoms with Crippen LogP contribution in [0.2, 0.25) is 0 Å². The van der Waals surface area contributed by atoms with Crippen LogP contribution in [0.25, 0.3) is 0 Å². The summed E-state index contributed by atoms with van der Waals surface area (Å²) < 4.78 is 10.7. The van der Waals surface area contributed by atoms with Gasteiger partial charge in [-0.15, -0.1) is 11.6 Å². The number of ether oxygens (including phenoxy) is 2. The first kappa shape index (κ1) is 16.2. The summed E-state index contributed by atoms with van der Waals surface area (Å²) in [4.78, 5) is 0. The lowest BCUT2D eigenvalue weighted by Gasteiger charge is -2.30. The van der Waals surface area contributed by atoms with Crippen LogP contribution in [0.1, 0.15) is 38.6 Å². The molecule has 1 rings (SSSR count). The van der Waals surface area contributed by atoms with E-state index < -0.39 is 0 Å². The number of rotatable bonds is 6. The Bertz CT molecular complexity index is 394. The van der Waals surface area contributed by atoms with Gasteiger partial charge in [-0.2, -0.15) is 0 Å². The molecule has 0 saturated heterocycles. The minimum atomic E-state index is -0.0787. The largest absolute Gasteiger partial charge is 0.497 e. The Morgan fingerprint density at radius 2 is 1.53 bits per heavy atom. The number of methoxy groups -OCH3 is 2. The third kappa shape index (κ3) is 3.79. The number of alkyl halides is 1. The molecule has 0 aliphatic rings. The smallest absolute Gasteiger partial charge is 0.123 e. The van der Waals surface area contributed by atoms with Crippen LogP contribution in [0.4, 0.5) is 0 Å². The second-order valence-electron chi connectivity index (χ2n) is 5.58. The van der Waals surface area contributed by atoms with Crippen LogP contribution in [0.3, 0.4) is 0 Å². The van der Waals surface area contributed by atoms with Gasteiger partial charge in [-0.3, -0.25) is 0 Å². The minimum Gasteiger partial charge on any atom is -0.497 e. The topological polar surface area (TPSA) is 18.5 Å². The molecule has 0 aliphatic heterocycles. The summed E-state index contributed by atoms with van der Waals surface area (Å²) in [5, 5.41) is -0.0787. The second kappa shape index (κ2) is 7.04. The molecular formula is C16H25ClO2. The van der Waals surface area contributed by atoms with Gasteiger partial charge in [0.15, 0.2) is 0 Å². The van der Waals surface area contributed by atoms with Crippen molar-refractivity contribution in [2.45, 2.75) is 33.1 Å². The third-order valence-electron chi connectivity index (χ3n) is 3.61. The molecule has 0 N–H and O–H groups in total. The molecule has 0 heterocycles. The van der Waals surface area contributed by atoms with Crippen LogP contribution in [-0.4, -0.2) is 14.2 Å². The third-order valence-corrected chi connectivity index (χ3v) is 4.14. The number of hydrogen-bond donors (Lipinski definition) is 0. The molecule has 1 aromatic carbocycles. The predicted octanol–water partition coefficient (Wildman–Crippen LogP) is 4.91. The fourth-order valence-corrected chi connectivity index (χ4v) is 3.46. The van der Waals surface area contributed by atoms with Gasteiger partial charge in [-0.05, 0) is 36.0 Å². The summed E-state index contributed by atoms with van der Waals surface area (Å²) in [6.07, 6.45) is 0. The van der Waals surface area contributed by atoms with Crippen molar-refractivity contribution in [2.75, 3.05) is 14.2 Å². The molecule has 108 valence electrons. The van der Waals surface area contributed by atoms with E-state index in [1.54, 1.807) is 14.2 Å². The zero-order valence-corrected chi connectivity index (χ0v) is 13.5. The van der Waals surface area contributed by atoms with Gasteiger partial charge in [0.05, 0.1) is 19.6 Å². The Hall–Kier alpha value is -0.890. The van der Waals surface area contributed by atoms with Crippen LogP contribution >= 0.6 is 11.6 Å². The molecule has 0 aromatic heterocycles. The van der Waals surface area contributed by atoms with Crippen LogP contribution in [-0.2, 0) is 0 Å². The number of halogens is 1. The quantitative estimate of drug-likeness (QED) is 0.691. The summed E-state index contributed by atoms with van der Waals surface area (Å²) in [6.45, 7) is 8.86. The van der Waals surface area contributed by atoms with Crippen LogP contribution in [0, 0.1) is 17.8 Å². The van der Waals surface area contributed by atoms with Crippen LogP contribution in [0.15, 0.2) is 18.2 Å². The fourth-order valence-electron chi connectivity index (χ4n) is 2.71. The van der Waals surface area contributed by atoms with Crippen LogP contribution in [0.5, 0.6) is 11.5 Å². The summed E-state index contributed by atoms with van der Waals surface area (Å²) in [7, 11) is 3.34. The Balaban J connectivity index is 3.18. The van der Waals surface area contributed by atoms with E-state index in [2.05, 4.69) is 27.7 Å². The molecule has 0 saturated carbocycles. The van der Waals surface area contributed by atoms with Crippen molar-refractivity contribution in [3.8, 4) is 11.5 Å². The maximum Gasteiger partial charge on any atom is 0.123 e.